The maximum atomic E-state index is 14.6. The summed E-state index contributed by atoms with van der Waals surface area (Å²) in [6.45, 7) is 0.117. The summed E-state index contributed by atoms with van der Waals surface area (Å²) in [5.41, 5.74) is -0.107. The highest BCUT2D eigenvalue weighted by atomic mass is 32.2. The Kier molecular flexibility index (Phi) is 6.77. The summed E-state index contributed by atoms with van der Waals surface area (Å²) in [5.74, 6) is -3.01. The van der Waals surface area contributed by atoms with E-state index in [0.717, 1.165) is 9.21 Å². The van der Waals surface area contributed by atoms with E-state index in [1.807, 2.05) is 0 Å². The first-order chi connectivity index (χ1) is 15.1. The van der Waals surface area contributed by atoms with E-state index < -0.39 is 39.3 Å². The molecule has 1 unspecified atom stereocenters. The van der Waals surface area contributed by atoms with Gasteiger partial charge in [0.05, 0.1) is 23.1 Å². The zero-order valence-corrected chi connectivity index (χ0v) is 18.6. The summed E-state index contributed by atoms with van der Waals surface area (Å²) < 4.78 is 45.2. The lowest BCUT2D eigenvalue weighted by molar-refractivity contribution is -0.140. The number of Topliss-reactive ketones (excluding diaryl/α,β-unsaturated/α-hetero) is 1. The van der Waals surface area contributed by atoms with E-state index in [0.29, 0.717) is 0 Å². The lowest BCUT2D eigenvalue weighted by Crippen LogP contribution is -2.33. The fourth-order valence-corrected chi connectivity index (χ4v) is 4.37. The molecule has 1 N–H and O–H groups in total. The summed E-state index contributed by atoms with van der Waals surface area (Å²) in [5, 5.41) is 10.9. The SMILES string of the molecule is COCCN1C(=O)C(=O)C(=C(O)c2ccc(S(=O)(=O)N(C)C)cc2)C1c1ccccc1F. The minimum atomic E-state index is -3.69. The van der Waals surface area contributed by atoms with Crippen molar-refractivity contribution in [3.63, 3.8) is 0 Å². The average Bonchev–Trinajstić information content (AvgIpc) is 3.02. The van der Waals surface area contributed by atoms with E-state index in [4.69, 9.17) is 4.74 Å². The molecule has 2 aromatic rings. The third-order valence-corrected chi connectivity index (χ3v) is 7.01. The fraction of sp³-hybridized carbons (Fsp3) is 0.273. The monoisotopic (exact) mass is 462 g/mol. The van der Waals surface area contributed by atoms with Gasteiger partial charge in [0, 0.05) is 38.9 Å². The highest BCUT2D eigenvalue weighted by Gasteiger charge is 2.46. The first-order valence-electron chi connectivity index (χ1n) is 9.66. The molecule has 0 radical (unpaired) electrons. The molecule has 1 fully saturated rings. The maximum absolute atomic E-state index is 14.6. The molecule has 32 heavy (non-hydrogen) atoms. The number of aliphatic hydroxyl groups excluding tert-OH is 1. The number of likely N-dealkylation sites (tertiary alicyclic amines) is 1. The van der Waals surface area contributed by atoms with Crippen LogP contribution < -0.4 is 0 Å². The van der Waals surface area contributed by atoms with E-state index in [1.54, 1.807) is 6.07 Å². The topological polar surface area (TPSA) is 104 Å². The summed E-state index contributed by atoms with van der Waals surface area (Å²) >= 11 is 0. The largest absolute Gasteiger partial charge is 0.507 e. The number of amides is 1. The van der Waals surface area contributed by atoms with Gasteiger partial charge in [0.25, 0.3) is 11.7 Å². The third-order valence-electron chi connectivity index (χ3n) is 5.18. The summed E-state index contributed by atoms with van der Waals surface area (Å²) in [6, 6.07) is 9.74. The molecule has 10 heteroatoms. The Labute approximate surface area is 185 Å². The lowest BCUT2D eigenvalue weighted by Gasteiger charge is -2.25. The van der Waals surface area contributed by atoms with Gasteiger partial charge in [-0.25, -0.2) is 17.1 Å². The summed E-state index contributed by atoms with van der Waals surface area (Å²) in [4.78, 5) is 26.7. The first-order valence-corrected chi connectivity index (χ1v) is 11.1. The van der Waals surface area contributed by atoms with Gasteiger partial charge in [-0.1, -0.05) is 18.2 Å². The zero-order valence-electron chi connectivity index (χ0n) is 17.8. The van der Waals surface area contributed by atoms with Crippen LogP contribution in [0.1, 0.15) is 17.2 Å². The highest BCUT2D eigenvalue weighted by Crippen LogP contribution is 2.40. The number of aliphatic hydroxyl groups is 1. The lowest BCUT2D eigenvalue weighted by atomic mass is 9.95. The molecule has 8 nitrogen and oxygen atoms in total. The molecule has 3 rings (SSSR count). The van der Waals surface area contributed by atoms with Gasteiger partial charge >= 0.3 is 0 Å². The first kappa shape index (κ1) is 23.6. The third kappa shape index (κ3) is 4.16. The Morgan fingerprint density at radius 3 is 2.31 bits per heavy atom. The van der Waals surface area contributed by atoms with E-state index in [-0.39, 0.29) is 34.7 Å². The van der Waals surface area contributed by atoms with Crippen molar-refractivity contribution in [1.82, 2.24) is 9.21 Å². The molecule has 1 aliphatic heterocycles. The molecule has 1 saturated heterocycles. The van der Waals surface area contributed by atoms with Crippen LogP contribution in [0.4, 0.5) is 4.39 Å². The number of nitrogens with zero attached hydrogens (tertiary/aromatic N) is 2. The Bertz CT molecular complexity index is 1180. The zero-order chi connectivity index (χ0) is 23.6. The van der Waals surface area contributed by atoms with Gasteiger partial charge < -0.3 is 14.7 Å². The van der Waals surface area contributed by atoms with Gasteiger partial charge in [-0.15, -0.1) is 0 Å². The van der Waals surface area contributed by atoms with E-state index >= 15 is 0 Å². The van der Waals surface area contributed by atoms with Gasteiger partial charge in [-0.2, -0.15) is 0 Å². The van der Waals surface area contributed by atoms with Crippen LogP contribution in [-0.2, 0) is 24.3 Å². The van der Waals surface area contributed by atoms with E-state index in [2.05, 4.69) is 0 Å². The molecule has 170 valence electrons. The highest BCUT2D eigenvalue weighted by molar-refractivity contribution is 7.89. The minimum absolute atomic E-state index is 0.00903. The molecular weight excluding hydrogens is 439 g/mol. The predicted molar refractivity (Wildman–Crippen MR) is 115 cm³/mol. The number of ether oxygens (including phenoxy) is 1. The average molecular weight is 462 g/mol. The number of benzene rings is 2. The molecule has 0 bridgehead atoms. The van der Waals surface area contributed by atoms with E-state index in [9.17, 15) is 27.5 Å². The Balaban J connectivity index is 2.14. The molecule has 0 saturated carbocycles. The van der Waals surface area contributed by atoms with Crippen molar-refractivity contribution in [2.75, 3.05) is 34.4 Å². The van der Waals surface area contributed by atoms with Crippen molar-refractivity contribution in [1.29, 1.82) is 0 Å². The van der Waals surface area contributed by atoms with Crippen LogP contribution in [0, 0.1) is 5.82 Å². The number of halogens is 1. The van der Waals surface area contributed by atoms with Crippen LogP contribution in [0.3, 0.4) is 0 Å². The number of ketones is 1. The molecule has 1 aliphatic rings. The second-order valence-electron chi connectivity index (χ2n) is 7.32. The Morgan fingerprint density at radius 2 is 1.75 bits per heavy atom. The van der Waals surface area contributed by atoms with E-state index in [1.165, 1.54) is 63.7 Å². The van der Waals surface area contributed by atoms with Crippen LogP contribution in [0.25, 0.3) is 5.76 Å². The molecule has 0 spiro atoms. The molecule has 1 heterocycles. The quantitative estimate of drug-likeness (QED) is 0.384. The molecule has 0 aliphatic carbocycles. The van der Waals surface area contributed by atoms with Crippen LogP contribution in [0.5, 0.6) is 0 Å². The number of methoxy groups -OCH3 is 1. The van der Waals surface area contributed by atoms with Gasteiger partial charge in [0.2, 0.25) is 10.0 Å². The summed E-state index contributed by atoms with van der Waals surface area (Å²) in [6.07, 6.45) is 0. The van der Waals surface area contributed by atoms with Gasteiger partial charge in [0.1, 0.15) is 11.6 Å². The Morgan fingerprint density at radius 1 is 1.12 bits per heavy atom. The maximum Gasteiger partial charge on any atom is 0.295 e. The molecule has 0 aromatic heterocycles. The van der Waals surface area contributed by atoms with Crippen molar-refractivity contribution in [2.45, 2.75) is 10.9 Å². The predicted octanol–water partition coefficient (Wildman–Crippen LogP) is 2.14. The standard InChI is InChI=1S/C22H23FN2O6S/c1-24(2)32(29,30)15-10-8-14(9-11-15)20(26)18-19(16-6-4-5-7-17(16)23)25(12-13-31-3)22(28)21(18)27/h4-11,19,26H,12-13H2,1-3H3. The number of carbonyl (C=O) groups excluding carboxylic acids is 2. The smallest absolute Gasteiger partial charge is 0.295 e. The van der Waals surface area contributed by atoms with Gasteiger partial charge in [-0.3, -0.25) is 9.59 Å². The number of sulfonamides is 1. The number of rotatable bonds is 7. The second kappa shape index (κ2) is 9.19. The fourth-order valence-electron chi connectivity index (χ4n) is 3.47. The molecule has 1 atom stereocenters. The van der Waals surface area contributed by atoms with Crippen molar-refractivity contribution in [3.05, 3.63) is 71.0 Å². The minimum Gasteiger partial charge on any atom is -0.507 e. The molecule has 1 amide bonds. The Hall–Kier alpha value is -3.08. The van der Waals surface area contributed by atoms with Crippen molar-refractivity contribution >= 4 is 27.5 Å². The second-order valence-corrected chi connectivity index (χ2v) is 9.47. The van der Waals surface area contributed by atoms with Crippen LogP contribution in [0.15, 0.2) is 59.0 Å². The molecular formula is C22H23FN2O6S. The van der Waals surface area contributed by atoms with Crippen LogP contribution >= 0.6 is 0 Å². The molecule has 2 aromatic carbocycles. The van der Waals surface area contributed by atoms with Crippen molar-refractivity contribution in [2.24, 2.45) is 0 Å². The van der Waals surface area contributed by atoms with Gasteiger partial charge in [-0.05, 0) is 30.3 Å². The normalized spacial score (nSPS) is 18.5. The number of carbonyl (C=O) groups is 2. The van der Waals surface area contributed by atoms with Crippen LogP contribution in [-0.4, -0.2) is 68.8 Å². The van der Waals surface area contributed by atoms with Crippen LogP contribution in [0.2, 0.25) is 0 Å². The van der Waals surface area contributed by atoms with Crippen molar-refractivity contribution in [3.8, 4) is 0 Å². The summed E-state index contributed by atoms with van der Waals surface area (Å²) in [7, 11) is 0.511. The number of hydrogen-bond acceptors (Lipinski definition) is 6. The van der Waals surface area contributed by atoms with Gasteiger partial charge in [0.15, 0.2) is 0 Å². The number of hydrogen-bond donors (Lipinski definition) is 1. The van der Waals surface area contributed by atoms with Crippen molar-refractivity contribution < 1.29 is 32.2 Å².